The summed E-state index contributed by atoms with van der Waals surface area (Å²) in [6, 6.07) is 12.1. The number of rotatable bonds is 5. The van der Waals surface area contributed by atoms with Gasteiger partial charge in [-0.15, -0.1) is 0 Å². The Balaban J connectivity index is 1.45. The molecule has 0 radical (unpaired) electrons. The number of aryl methyl sites for hydroxylation is 1. The van der Waals surface area contributed by atoms with Gasteiger partial charge in [-0.1, -0.05) is 29.8 Å². The molecule has 1 saturated heterocycles. The number of aliphatic hydroxyl groups excluding tert-OH is 1. The number of nitrogens with one attached hydrogen (secondary N) is 2. The number of carbonyl (C=O) groups is 1. The molecule has 2 aromatic heterocycles. The van der Waals surface area contributed by atoms with Crippen molar-refractivity contribution < 1.29 is 23.1 Å². The molecule has 0 atom stereocenters. The van der Waals surface area contributed by atoms with E-state index in [1.165, 1.54) is 12.3 Å². The van der Waals surface area contributed by atoms with E-state index < -0.39 is 17.9 Å². The normalized spacial score (nSPS) is 14.0. The van der Waals surface area contributed by atoms with E-state index >= 15 is 0 Å². The maximum absolute atomic E-state index is 13.2. The third-order valence-corrected chi connectivity index (χ3v) is 5.19. The smallest absolute Gasteiger partial charge is 0.389 e. The second-order valence-electron chi connectivity index (χ2n) is 7.84. The minimum atomic E-state index is -4.57. The van der Waals surface area contributed by atoms with E-state index in [-0.39, 0.29) is 18.3 Å². The number of alkyl halides is 3. The summed E-state index contributed by atoms with van der Waals surface area (Å²) in [6.45, 7) is 2.86. The molecule has 4 rings (SSSR count). The van der Waals surface area contributed by atoms with E-state index in [9.17, 15) is 23.1 Å². The molecular weight excluding hydrogens is 435 g/mol. The van der Waals surface area contributed by atoms with E-state index in [1.54, 1.807) is 30.3 Å². The third kappa shape index (κ3) is 5.40. The van der Waals surface area contributed by atoms with Gasteiger partial charge >= 0.3 is 12.2 Å². The highest BCUT2D eigenvalue weighted by atomic mass is 19.4. The predicted molar refractivity (Wildman–Crippen MR) is 118 cm³/mol. The van der Waals surface area contributed by atoms with Crippen LogP contribution in [-0.2, 0) is 12.7 Å². The van der Waals surface area contributed by atoms with Crippen molar-refractivity contribution in [3.8, 4) is 11.3 Å². The highest BCUT2D eigenvalue weighted by Crippen LogP contribution is 2.31. The first-order valence-corrected chi connectivity index (χ1v) is 10.3. The number of aromatic nitrogens is 2. The first-order chi connectivity index (χ1) is 15.7. The lowest BCUT2D eigenvalue weighted by atomic mass is 10.0. The molecule has 2 amide bonds. The van der Waals surface area contributed by atoms with Crippen LogP contribution in [0.25, 0.3) is 11.3 Å². The van der Waals surface area contributed by atoms with Crippen molar-refractivity contribution in [3.05, 3.63) is 71.5 Å². The Bertz CT molecular complexity index is 1150. The van der Waals surface area contributed by atoms with Gasteiger partial charge in [0, 0.05) is 25.2 Å². The molecule has 1 aliphatic heterocycles. The quantitative estimate of drug-likeness (QED) is 0.539. The zero-order chi connectivity index (χ0) is 23.6. The van der Waals surface area contributed by atoms with Gasteiger partial charge < -0.3 is 20.6 Å². The second kappa shape index (κ2) is 9.07. The van der Waals surface area contributed by atoms with Crippen LogP contribution in [0.15, 0.2) is 54.7 Å². The topological polar surface area (TPSA) is 90.4 Å². The molecular formula is C23H22F3N5O2. The van der Waals surface area contributed by atoms with Crippen molar-refractivity contribution in [2.45, 2.75) is 25.7 Å². The van der Waals surface area contributed by atoms with E-state index in [1.807, 2.05) is 17.9 Å². The van der Waals surface area contributed by atoms with E-state index in [0.717, 1.165) is 11.6 Å². The molecule has 3 aromatic rings. The first kappa shape index (κ1) is 22.5. The van der Waals surface area contributed by atoms with Crippen LogP contribution < -0.4 is 15.5 Å². The summed E-state index contributed by atoms with van der Waals surface area (Å²) >= 11 is 0. The van der Waals surface area contributed by atoms with Crippen molar-refractivity contribution in [3.63, 3.8) is 0 Å². The number of benzene rings is 1. The summed E-state index contributed by atoms with van der Waals surface area (Å²) in [4.78, 5) is 22.3. The SMILES string of the molecule is Cc1cccc(-c2nc(C(F)(F)F)ccc2CNC(=O)Nc2ccc(N3CC(O)C3)nc2)c1. The number of anilines is 2. The molecule has 10 heteroatoms. The number of carbonyl (C=O) groups excluding carboxylic acids is 1. The lowest BCUT2D eigenvalue weighted by molar-refractivity contribution is -0.141. The Hall–Kier alpha value is -3.66. The fourth-order valence-corrected chi connectivity index (χ4v) is 3.47. The molecule has 7 nitrogen and oxygen atoms in total. The van der Waals surface area contributed by atoms with Gasteiger partial charge in [0.25, 0.3) is 0 Å². The number of aliphatic hydroxyl groups is 1. The van der Waals surface area contributed by atoms with Crippen molar-refractivity contribution in [2.75, 3.05) is 23.3 Å². The van der Waals surface area contributed by atoms with Crippen molar-refractivity contribution in [2.24, 2.45) is 0 Å². The Morgan fingerprint density at radius 3 is 2.61 bits per heavy atom. The average molecular weight is 457 g/mol. The van der Waals surface area contributed by atoms with Crippen LogP contribution in [0.5, 0.6) is 0 Å². The van der Waals surface area contributed by atoms with Crippen LogP contribution in [-0.4, -0.2) is 40.3 Å². The largest absolute Gasteiger partial charge is 0.433 e. The summed E-state index contributed by atoms with van der Waals surface area (Å²) in [6.07, 6.45) is -3.42. The van der Waals surface area contributed by atoms with E-state index in [4.69, 9.17) is 0 Å². The van der Waals surface area contributed by atoms with Crippen LogP contribution in [0.2, 0.25) is 0 Å². The summed E-state index contributed by atoms with van der Waals surface area (Å²) in [5.41, 5.74) is 1.50. The van der Waals surface area contributed by atoms with Gasteiger partial charge in [-0.2, -0.15) is 13.2 Å². The minimum Gasteiger partial charge on any atom is -0.389 e. The molecule has 1 aromatic carbocycles. The monoisotopic (exact) mass is 457 g/mol. The molecule has 1 aliphatic rings. The molecule has 0 spiro atoms. The number of urea groups is 1. The van der Waals surface area contributed by atoms with Crippen LogP contribution in [0, 0.1) is 6.92 Å². The van der Waals surface area contributed by atoms with E-state index in [0.29, 0.717) is 35.7 Å². The van der Waals surface area contributed by atoms with E-state index in [2.05, 4.69) is 20.6 Å². The van der Waals surface area contributed by atoms with Crippen LogP contribution >= 0.6 is 0 Å². The molecule has 0 bridgehead atoms. The van der Waals surface area contributed by atoms with Gasteiger partial charge in [-0.3, -0.25) is 0 Å². The van der Waals surface area contributed by atoms with Gasteiger partial charge in [0.2, 0.25) is 0 Å². The van der Waals surface area contributed by atoms with Gasteiger partial charge in [0.05, 0.1) is 23.7 Å². The minimum absolute atomic E-state index is 0.0164. The second-order valence-corrected chi connectivity index (χ2v) is 7.84. The molecule has 33 heavy (non-hydrogen) atoms. The zero-order valence-corrected chi connectivity index (χ0v) is 17.7. The number of hydrogen-bond donors (Lipinski definition) is 3. The number of halogens is 3. The summed E-state index contributed by atoms with van der Waals surface area (Å²) in [5.74, 6) is 0.699. The highest BCUT2D eigenvalue weighted by molar-refractivity contribution is 5.89. The number of pyridine rings is 2. The Labute approximate surface area is 188 Å². The Kier molecular flexibility index (Phi) is 6.19. The number of hydrogen-bond acceptors (Lipinski definition) is 5. The summed E-state index contributed by atoms with van der Waals surface area (Å²) < 4.78 is 39.6. The molecule has 172 valence electrons. The number of amides is 2. The van der Waals surface area contributed by atoms with Crippen molar-refractivity contribution >= 4 is 17.5 Å². The maximum Gasteiger partial charge on any atom is 0.433 e. The van der Waals surface area contributed by atoms with Gasteiger partial charge in [0.15, 0.2) is 0 Å². The lowest BCUT2D eigenvalue weighted by Crippen LogP contribution is -2.51. The fraction of sp³-hybridized carbons (Fsp3) is 0.261. The number of β-amino-alcohol motifs (C(OH)–C–C–N with tert-alkyl or cyclic N) is 1. The Morgan fingerprint density at radius 1 is 1.18 bits per heavy atom. The molecule has 1 fully saturated rings. The van der Waals surface area contributed by atoms with Crippen molar-refractivity contribution in [1.29, 1.82) is 0 Å². The highest BCUT2D eigenvalue weighted by Gasteiger charge is 2.33. The van der Waals surface area contributed by atoms with Gasteiger partial charge in [0.1, 0.15) is 11.5 Å². The maximum atomic E-state index is 13.2. The fourth-order valence-electron chi connectivity index (χ4n) is 3.47. The van der Waals surface area contributed by atoms with Gasteiger partial charge in [-0.25, -0.2) is 14.8 Å². The Morgan fingerprint density at radius 2 is 1.97 bits per heavy atom. The molecule has 0 unspecified atom stereocenters. The van der Waals surface area contributed by atoms with Crippen molar-refractivity contribution in [1.82, 2.24) is 15.3 Å². The predicted octanol–water partition coefficient (Wildman–Crippen LogP) is 3.97. The zero-order valence-electron chi connectivity index (χ0n) is 17.7. The standard InChI is InChI=1S/C23H22F3N5O2/c1-14-3-2-4-15(9-14)21-16(5-7-19(30-21)23(24,25)26)10-28-22(33)29-17-6-8-20(27-11-17)31-12-18(32)13-31/h2-9,11,18,32H,10,12-13H2,1H3,(H2,28,29,33). The lowest BCUT2D eigenvalue weighted by Gasteiger charge is -2.36. The molecule has 0 saturated carbocycles. The molecule has 0 aliphatic carbocycles. The molecule has 3 N–H and O–H groups in total. The van der Waals surface area contributed by atoms with Crippen LogP contribution in [0.3, 0.4) is 0 Å². The molecule has 3 heterocycles. The average Bonchev–Trinajstić information content (AvgIpc) is 2.75. The summed E-state index contributed by atoms with van der Waals surface area (Å²) in [7, 11) is 0. The first-order valence-electron chi connectivity index (χ1n) is 10.3. The van der Waals surface area contributed by atoms with Crippen LogP contribution in [0.1, 0.15) is 16.8 Å². The number of nitrogens with zero attached hydrogens (tertiary/aromatic N) is 3. The van der Waals surface area contributed by atoms with Crippen LogP contribution in [0.4, 0.5) is 29.5 Å². The van der Waals surface area contributed by atoms with Gasteiger partial charge in [-0.05, 0) is 36.8 Å². The summed E-state index contributed by atoms with van der Waals surface area (Å²) in [5, 5.41) is 14.7. The third-order valence-electron chi connectivity index (χ3n) is 5.19.